The molecule has 3 rings (SSSR count). The standard InChI is InChI=1S/C16H17N3O3/c1-18-9-11(8-17-18)10-19(12-5-3-2-4-6-12)15(20)13-7-14(13)16(21)22/h2-6,8-9,13-14H,7,10H2,1H3,(H,21,22)/t13-,14-/m1/s1. The summed E-state index contributed by atoms with van der Waals surface area (Å²) >= 11 is 0. The van der Waals surface area contributed by atoms with Crippen molar-refractivity contribution in [3.63, 3.8) is 0 Å². The van der Waals surface area contributed by atoms with Crippen molar-refractivity contribution in [1.29, 1.82) is 0 Å². The van der Waals surface area contributed by atoms with E-state index in [0.717, 1.165) is 11.3 Å². The molecule has 1 fully saturated rings. The maximum absolute atomic E-state index is 12.7. The Labute approximate surface area is 128 Å². The summed E-state index contributed by atoms with van der Waals surface area (Å²) in [7, 11) is 1.82. The Bertz CT molecular complexity index is 696. The van der Waals surface area contributed by atoms with Crippen LogP contribution in [0.1, 0.15) is 12.0 Å². The Morgan fingerprint density at radius 2 is 2.05 bits per heavy atom. The van der Waals surface area contributed by atoms with Crippen LogP contribution >= 0.6 is 0 Å². The molecule has 1 aromatic heterocycles. The Morgan fingerprint density at radius 1 is 1.32 bits per heavy atom. The Balaban J connectivity index is 1.83. The second-order valence-electron chi connectivity index (χ2n) is 5.57. The van der Waals surface area contributed by atoms with Crippen LogP contribution in [0.15, 0.2) is 42.7 Å². The number of anilines is 1. The molecule has 1 heterocycles. The monoisotopic (exact) mass is 299 g/mol. The molecule has 0 bridgehead atoms. The molecule has 1 aliphatic rings. The van der Waals surface area contributed by atoms with Gasteiger partial charge in [-0.05, 0) is 18.6 Å². The summed E-state index contributed by atoms with van der Waals surface area (Å²) in [6.07, 6.45) is 3.99. The molecule has 0 radical (unpaired) electrons. The predicted molar refractivity (Wildman–Crippen MR) is 80.1 cm³/mol. The third-order valence-electron chi connectivity index (χ3n) is 3.86. The van der Waals surface area contributed by atoms with Gasteiger partial charge in [-0.3, -0.25) is 14.3 Å². The van der Waals surface area contributed by atoms with Crippen molar-refractivity contribution in [2.24, 2.45) is 18.9 Å². The molecule has 22 heavy (non-hydrogen) atoms. The first-order valence-electron chi connectivity index (χ1n) is 7.13. The Kier molecular flexibility index (Phi) is 3.66. The number of carbonyl (C=O) groups is 2. The van der Waals surface area contributed by atoms with Crippen LogP contribution in [0.3, 0.4) is 0 Å². The van der Waals surface area contributed by atoms with Gasteiger partial charge < -0.3 is 10.0 Å². The van der Waals surface area contributed by atoms with E-state index in [4.69, 9.17) is 5.11 Å². The highest BCUT2D eigenvalue weighted by Gasteiger charge is 2.50. The lowest BCUT2D eigenvalue weighted by Gasteiger charge is -2.22. The number of aryl methyl sites for hydroxylation is 1. The van der Waals surface area contributed by atoms with Crippen LogP contribution < -0.4 is 4.90 Å². The Morgan fingerprint density at radius 3 is 2.59 bits per heavy atom. The number of carbonyl (C=O) groups excluding carboxylic acids is 1. The fourth-order valence-corrected chi connectivity index (χ4v) is 2.58. The average Bonchev–Trinajstić information content (AvgIpc) is 3.22. The van der Waals surface area contributed by atoms with Gasteiger partial charge in [-0.2, -0.15) is 5.10 Å². The van der Waals surface area contributed by atoms with E-state index < -0.39 is 17.8 Å². The second-order valence-corrected chi connectivity index (χ2v) is 5.57. The fraction of sp³-hybridized carbons (Fsp3) is 0.312. The number of amides is 1. The number of aromatic nitrogens is 2. The van der Waals surface area contributed by atoms with Gasteiger partial charge >= 0.3 is 5.97 Å². The van der Waals surface area contributed by atoms with E-state index in [1.165, 1.54) is 0 Å². The number of carboxylic acids is 1. The van der Waals surface area contributed by atoms with Crippen molar-refractivity contribution in [2.45, 2.75) is 13.0 Å². The smallest absolute Gasteiger partial charge is 0.307 e. The SMILES string of the molecule is Cn1cc(CN(C(=O)[C@@H]2C[C@H]2C(=O)O)c2ccccc2)cn1. The van der Waals surface area contributed by atoms with Crippen molar-refractivity contribution in [3.05, 3.63) is 48.3 Å². The van der Waals surface area contributed by atoms with Gasteiger partial charge in [0.25, 0.3) is 0 Å². The zero-order valence-electron chi connectivity index (χ0n) is 12.2. The molecule has 6 heteroatoms. The van der Waals surface area contributed by atoms with Gasteiger partial charge in [0.05, 0.1) is 24.6 Å². The lowest BCUT2D eigenvalue weighted by Crippen LogP contribution is -2.32. The maximum Gasteiger partial charge on any atom is 0.307 e. The molecule has 0 saturated heterocycles. The van der Waals surface area contributed by atoms with Gasteiger partial charge in [-0.25, -0.2) is 0 Å². The van der Waals surface area contributed by atoms with Crippen molar-refractivity contribution in [2.75, 3.05) is 4.90 Å². The molecule has 1 aromatic carbocycles. The molecule has 2 atom stereocenters. The van der Waals surface area contributed by atoms with E-state index in [-0.39, 0.29) is 5.91 Å². The van der Waals surface area contributed by atoms with Crippen LogP contribution in [0.4, 0.5) is 5.69 Å². The van der Waals surface area contributed by atoms with Crippen LogP contribution in [0, 0.1) is 11.8 Å². The zero-order chi connectivity index (χ0) is 15.7. The summed E-state index contributed by atoms with van der Waals surface area (Å²) in [5.74, 6) is -2.00. The first-order valence-corrected chi connectivity index (χ1v) is 7.13. The van der Waals surface area contributed by atoms with Gasteiger partial charge in [0.2, 0.25) is 5.91 Å². The van der Waals surface area contributed by atoms with Gasteiger partial charge in [0.15, 0.2) is 0 Å². The summed E-state index contributed by atoms with van der Waals surface area (Å²) in [6, 6.07) is 9.31. The summed E-state index contributed by atoms with van der Waals surface area (Å²) in [5, 5.41) is 13.1. The number of aliphatic carboxylic acids is 1. The average molecular weight is 299 g/mol. The van der Waals surface area contributed by atoms with Gasteiger partial charge in [0, 0.05) is 24.5 Å². The van der Waals surface area contributed by atoms with Crippen molar-refractivity contribution in [3.8, 4) is 0 Å². The van der Waals surface area contributed by atoms with Crippen LogP contribution in [0.25, 0.3) is 0 Å². The van der Waals surface area contributed by atoms with Gasteiger partial charge in [-0.15, -0.1) is 0 Å². The zero-order valence-corrected chi connectivity index (χ0v) is 12.2. The van der Waals surface area contributed by atoms with Crippen LogP contribution in [0.5, 0.6) is 0 Å². The van der Waals surface area contributed by atoms with Crippen LogP contribution in [-0.2, 0) is 23.2 Å². The molecule has 0 aliphatic heterocycles. The predicted octanol–water partition coefficient (Wildman–Crippen LogP) is 1.67. The molecule has 1 amide bonds. The molecule has 1 aliphatic carbocycles. The number of carboxylic acid groups (broad SMARTS) is 1. The maximum atomic E-state index is 12.7. The van der Waals surface area contributed by atoms with E-state index >= 15 is 0 Å². The summed E-state index contributed by atoms with van der Waals surface area (Å²) < 4.78 is 1.68. The number of hydrogen-bond donors (Lipinski definition) is 1. The number of hydrogen-bond acceptors (Lipinski definition) is 3. The third-order valence-corrected chi connectivity index (χ3v) is 3.86. The first kappa shape index (κ1) is 14.3. The highest BCUT2D eigenvalue weighted by molar-refractivity contribution is 6.00. The number of benzene rings is 1. The number of para-hydroxylation sites is 1. The van der Waals surface area contributed by atoms with E-state index in [9.17, 15) is 9.59 Å². The molecular weight excluding hydrogens is 282 g/mol. The van der Waals surface area contributed by atoms with Crippen LogP contribution in [0.2, 0.25) is 0 Å². The summed E-state index contributed by atoms with van der Waals surface area (Å²) in [5.41, 5.74) is 1.68. The lowest BCUT2D eigenvalue weighted by molar-refractivity contribution is -0.140. The molecule has 0 spiro atoms. The number of nitrogens with zero attached hydrogens (tertiary/aromatic N) is 3. The summed E-state index contributed by atoms with van der Waals surface area (Å²) in [6.45, 7) is 0.388. The van der Waals surface area contributed by atoms with E-state index in [1.807, 2.05) is 43.6 Å². The normalized spacial score (nSPS) is 19.7. The first-order chi connectivity index (χ1) is 10.6. The fourth-order valence-electron chi connectivity index (χ4n) is 2.58. The minimum Gasteiger partial charge on any atom is -0.481 e. The molecule has 6 nitrogen and oxygen atoms in total. The van der Waals surface area contributed by atoms with Crippen molar-refractivity contribution < 1.29 is 14.7 Å². The quantitative estimate of drug-likeness (QED) is 0.911. The third kappa shape index (κ3) is 2.86. The highest BCUT2D eigenvalue weighted by Crippen LogP contribution is 2.41. The summed E-state index contributed by atoms with van der Waals surface area (Å²) in [4.78, 5) is 25.3. The largest absolute Gasteiger partial charge is 0.481 e. The molecule has 1 saturated carbocycles. The van der Waals surface area contributed by atoms with E-state index in [0.29, 0.717) is 13.0 Å². The molecule has 114 valence electrons. The molecule has 0 unspecified atom stereocenters. The molecule has 2 aromatic rings. The van der Waals surface area contributed by atoms with Crippen LogP contribution in [-0.4, -0.2) is 26.8 Å². The number of rotatable bonds is 5. The lowest BCUT2D eigenvalue weighted by atomic mass is 10.2. The molecular formula is C16H17N3O3. The molecule has 1 N–H and O–H groups in total. The van der Waals surface area contributed by atoms with E-state index in [1.54, 1.807) is 15.8 Å². The van der Waals surface area contributed by atoms with Crippen molar-refractivity contribution >= 4 is 17.6 Å². The van der Waals surface area contributed by atoms with Gasteiger partial charge in [0.1, 0.15) is 0 Å². The Hall–Kier alpha value is -2.63. The minimum absolute atomic E-state index is 0.137. The second kappa shape index (κ2) is 5.63. The highest BCUT2D eigenvalue weighted by atomic mass is 16.4. The van der Waals surface area contributed by atoms with E-state index in [2.05, 4.69) is 5.10 Å². The topological polar surface area (TPSA) is 75.4 Å². The van der Waals surface area contributed by atoms with Crippen molar-refractivity contribution in [1.82, 2.24) is 9.78 Å². The minimum atomic E-state index is -0.896. The van der Waals surface area contributed by atoms with Gasteiger partial charge in [-0.1, -0.05) is 18.2 Å².